The number of nitrogens with zero attached hydrogens (tertiary/aromatic N) is 2. The van der Waals surface area contributed by atoms with Crippen molar-refractivity contribution in [3.8, 4) is 0 Å². The fourth-order valence-corrected chi connectivity index (χ4v) is 3.91. The molecule has 0 radical (unpaired) electrons. The predicted molar refractivity (Wildman–Crippen MR) is 111 cm³/mol. The molecule has 2 rings (SSSR count). The van der Waals surface area contributed by atoms with Gasteiger partial charge in [-0.15, -0.1) is 0 Å². The molecule has 0 saturated heterocycles. The molecule has 0 heterocycles. The Hall–Kier alpha value is -2.12. The van der Waals surface area contributed by atoms with Crippen LogP contribution in [-0.2, 0) is 21.5 Å². The van der Waals surface area contributed by atoms with Crippen molar-refractivity contribution in [3.05, 3.63) is 59.8 Å². The van der Waals surface area contributed by atoms with Crippen LogP contribution >= 0.6 is 0 Å². The molecule has 1 aliphatic rings. The number of carbonyl (C=O) groups is 1. The molecule has 0 aliphatic heterocycles. The van der Waals surface area contributed by atoms with Gasteiger partial charge < -0.3 is 9.80 Å². The van der Waals surface area contributed by atoms with Gasteiger partial charge in [-0.2, -0.15) is 8.42 Å². The molecule has 0 saturated carbocycles. The summed E-state index contributed by atoms with van der Waals surface area (Å²) in [7, 11) is -4.08. The Kier molecular flexibility index (Phi) is 7.43. The monoisotopic (exact) mass is 406 g/mol. The van der Waals surface area contributed by atoms with Gasteiger partial charge in [0.2, 0.25) is 5.91 Å². The van der Waals surface area contributed by atoms with Gasteiger partial charge in [0.15, 0.2) is 0 Å². The third kappa shape index (κ3) is 5.94. The van der Waals surface area contributed by atoms with E-state index in [2.05, 4.69) is 0 Å². The number of benzene rings is 1. The second-order valence-electron chi connectivity index (χ2n) is 7.28. The summed E-state index contributed by atoms with van der Waals surface area (Å²) in [4.78, 5) is 16.8. The molecule has 6 nitrogen and oxygen atoms in total. The summed E-state index contributed by atoms with van der Waals surface area (Å²) in [5, 5.41) is 0. The Morgan fingerprint density at radius 3 is 2.39 bits per heavy atom. The van der Waals surface area contributed by atoms with Gasteiger partial charge in [0.05, 0.1) is 11.2 Å². The van der Waals surface area contributed by atoms with Gasteiger partial charge in [-0.1, -0.05) is 42.5 Å². The fourth-order valence-electron chi connectivity index (χ4n) is 3.46. The summed E-state index contributed by atoms with van der Waals surface area (Å²) in [6, 6.07) is 9.73. The number of carbonyl (C=O) groups excluding carboxylic acids is 1. The Balaban J connectivity index is 2.25. The Bertz CT molecular complexity index is 829. The van der Waals surface area contributed by atoms with E-state index in [9.17, 15) is 17.8 Å². The minimum absolute atomic E-state index is 0.0637. The Morgan fingerprint density at radius 2 is 1.82 bits per heavy atom. The molecular formula is C21H30N2O4S. The molecule has 1 atom stereocenters. The average Bonchev–Trinajstić information content (AvgIpc) is 2.66. The van der Waals surface area contributed by atoms with E-state index in [0.717, 1.165) is 11.3 Å². The SMILES string of the molecule is CCN(CC)C(=O)C1(C)C=CC=C(N(CCS(=O)(=O)O)Cc2ccccc2)C1. The van der Waals surface area contributed by atoms with E-state index in [4.69, 9.17) is 0 Å². The van der Waals surface area contributed by atoms with Crippen molar-refractivity contribution in [1.82, 2.24) is 9.80 Å². The summed E-state index contributed by atoms with van der Waals surface area (Å²) in [5.74, 6) is -0.296. The van der Waals surface area contributed by atoms with Crippen LogP contribution in [0.15, 0.2) is 54.3 Å². The van der Waals surface area contributed by atoms with Crippen LogP contribution < -0.4 is 0 Å². The molecule has 7 heteroatoms. The highest BCUT2D eigenvalue weighted by molar-refractivity contribution is 7.85. The molecule has 1 unspecified atom stereocenters. The van der Waals surface area contributed by atoms with Crippen molar-refractivity contribution in [3.63, 3.8) is 0 Å². The van der Waals surface area contributed by atoms with E-state index in [-0.39, 0.29) is 18.2 Å². The molecule has 0 bridgehead atoms. The molecule has 0 fully saturated rings. The van der Waals surface area contributed by atoms with Crippen LogP contribution in [0.25, 0.3) is 0 Å². The van der Waals surface area contributed by atoms with E-state index < -0.39 is 15.5 Å². The van der Waals surface area contributed by atoms with E-state index in [1.165, 1.54) is 0 Å². The van der Waals surface area contributed by atoms with Gasteiger partial charge in [0.25, 0.3) is 10.1 Å². The molecule has 0 spiro atoms. The highest BCUT2D eigenvalue weighted by Crippen LogP contribution is 2.35. The lowest BCUT2D eigenvalue weighted by atomic mass is 9.80. The molecule has 1 N–H and O–H groups in total. The zero-order chi connectivity index (χ0) is 20.8. The minimum atomic E-state index is -4.08. The quantitative estimate of drug-likeness (QED) is 0.638. The second-order valence-corrected chi connectivity index (χ2v) is 8.85. The van der Waals surface area contributed by atoms with Gasteiger partial charge in [-0.3, -0.25) is 9.35 Å². The first-order valence-electron chi connectivity index (χ1n) is 9.60. The number of allylic oxidation sites excluding steroid dienone is 3. The molecule has 0 aromatic heterocycles. The second kappa shape index (κ2) is 9.39. The third-order valence-electron chi connectivity index (χ3n) is 5.08. The maximum absolute atomic E-state index is 13.0. The summed E-state index contributed by atoms with van der Waals surface area (Å²) in [6.07, 6.45) is 6.19. The van der Waals surface area contributed by atoms with Crippen LogP contribution in [-0.4, -0.2) is 54.1 Å². The molecule has 154 valence electrons. The Morgan fingerprint density at radius 1 is 1.18 bits per heavy atom. The third-order valence-corrected chi connectivity index (χ3v) is 5.78. The van der Waals surface area contributed by atoms with Crippen LogP contribution in [0.1, 0.15) is 32.8 Å². The lowest BCUT2D eigenvalue weighted by Crippen LogP contribution is -2.43. The van der Waals surface area contributed by atoms with Gasteiger partial charge >= 0.3 is 0 Å². The van der Waals surface area contributed by atoms with Crippen LogP contribution in [0, 0.1) is 5.41 Å². The first kappa shape index (κ1) is 22.2. The standard InChI is InChI=1S/C21H30N2O4S/c1-4-22(5-2)20(24)21(3)13-9-12-19(16-21)23(14-15-28(25,26)27)17-18-10-7-6-8-11-18/h6-13H,4-5,14-17H2,1-3H3,(H,25,26,27). The van der Waals surface area contributed by atoms with Crippen LogP contribution in [0.2, 0.25) is 0 Å². The van der Waals surface area contributed by atoms with Crippen molar-refractivity contribution < 1.29 is 17.8 Å². The average molecular weight is 407 g/mol. The van der Waals surface area contributed by atoms with Crippen molar-refractivity contribution in [2.24, 2.45) is 5.41 Å². The first-order valence-corrected chi connectivity index (χ1v) is 11.2. The number of hydrogen-bond donors (Lipinski definition) is 1. The highest BCUT2D eigenvalue weighted by Gasteiger charge is 2.36. The highest BCUT2D eigenvalue weighted by atomic mass is 32.2. The van der Waals surface area contributed by atoms with Gasteiger partial charge in [0, 0.05) is 38.3 Å². The van der Waals surface area contributed by atoms with E-state index in [0.29, 0.717) is 26.1 Å². The van der Waals surface area contributed by atoms with E-state index >= 15 is 0 Å². The maximum Gasteiger partial charge on any atom is 0.266 e. The maximum atomic E-state index is 13.0. The van der Waals surface area contributed by atoms with Crippen LogP contribution in [0.4, 0.5) is 0 Å². The molecule has 1 aromatic carbocycles. The zero-order valence-electron chi connectivity index (χ0n) is 16.8. The largest absolute Gasteiger partial charge is 0.369 e. The van der Waals surface area contributed by atoms with Crippen molar-refractivity contribution in [1.29, 1.82) is 0 Å². The van der Waals surface area contributed by atoms with Crippen LogP contribution in [0.3, 0.4) is 0 Å². The van der Waals surface area contributed by atoms with Crippen molar-refractivity contribution in [2.75, 3.05) is 25.4 Å². The van der Waals surface area contributed by atoms with Crippen molar-refractivity contribution in [2.45, 2.75) is 33.7 Å². The fraction of sp³-hybridized carbons (Fsp3) is 0.476. The van der Waals surface area contributed by atoms with E-state index in [1.54, 1.807) is 0 Å². The summed E-state index contributed by atoms with van der Waals surface area (Å²) >= 11 is 0. The van der Waals surface area contributed by atoms with Crippen LogP contribution in [0.5, 0.6) is 0 Å². The summed E-state index contributed by atoms with van der Waals surface area (Å²) in [6.45, 7) is 7.79. The van der Waals surface area contributed by atoms with Crippen molar-refractivity contribution >= 4 is 16.0 Å². The first-order chi connectivity index (χ1) is 13.2. The summed E-state index contributed by atoms with van der Waals surface area (Å²) < 4.78 is 31.8. The number of amides is 1. The normalized spacial score (nSPS) is 19.2. The smallest absolute Gasteiger partial charge is 0.266 e. The minimum Gasteiger partial charge on any atom is -0.369 e. The molecule has 1 amide bonds. The number of hydrogen-bond acceptors (Lipinski definition) is 4. The predicted octanol–water partition coefficient (Wildman–Crippen LogP) is 3.09. The lowest BCUT2D eigenvalue weighted by molar-refractivity contribution is -0.138. The lowest BCUT2D eigenvalue weighted by Gasteiger charge is -2.37. The zero-order valence-corrected chi connectivity index (χ0v) is 17.7. The van der Waals surface area contributed by atoms with Gasteiger partial charge in [-0.25, -0.2) is 0 Å². The van der Waals surface area contributed by atoms with Gasteiger partial charge in [0.1, 0.15) is 0 Å². The molecule has 1 aromatic rings. The number of rotatable bonds is 9. The molecule has 28 heavy (non-hydrogen) atoms. The molecule has 1 aliphatic carbocycles. The molecular weight excluding hydrogens is 376 g/mol. The van der Waals surface area contributed by atoms with Gasteiger partial charge in [-0.05, 0) is 32.4 Å². The van der Waals surface area contributed by atoms with E-state index in [1.807, 2.05) is 79.1 Å². The topological polar surface area (TPSA) is 77.9 Å². The Labute approximate surface area is 168 Å². The summed E-state index contributed by atoms with van der Waals surface area (Å²) in [5.41, 5.74) is 1.24.